The van der Waals surface area contributed by atoms with Gasteiger partial charge in [0.25, 0.3) is 0 Å². The van der Waals surface area contributed by atoms with E-state index in [2.05, 4.69) is 10.3 Å². The zero-order valence-electron chi connectivity index (χ0n) is 12.6. The Morgan fingerprint density at radius 2 is 2.14 bits per heavy atom. The van der Waals surface area contributed by atoms with Gasteiger partial charge in [-0.2, -0.15) is 0 Å². The molecule has 0 amide bonds. The molecule has 0 atom stereocenters. The van der Waals surface area contributed by atoms with Crippen molar-refractivity contribution in [3.05, 3.63) is 48.4 Å². The molecule has 3 N–H and O–H groups in total. The number of methoxy groups -OCH3 is 1. The van der Waals surface area contributed by atoms with Gasteiger partial charge in [-0.1, -0.05) is 12.1 Å². The lowest BCUT2D eigenvalue weighted by molar-refractivity contribution is 0.105. The van der Waals surface area contributed by atoms with Crippen molar-refractivity contribution in [1.82, 2.24) is 0 Å². The van der Waals surface area contributed by atoms with Gasteiger partial charge in [0, 0.05) is 13.2 Å². The highest BCUT2D eigenvalue weighted by Crippen LogP contribution is 2.22. The van der Waals surface area contributed by atoms with Crippen molar-refractivity contribution in [3.8, 4) is 5.75 Å². The average Bonchev–Trinajstić information content (AvgIpc) is 3.04. The van der Waals surface area contributed by atoms with E-state index in [9.17, 15) is 0 Å². The van der Waals surface area contributed by atoms with Gasteiger partial charge in [-0.05, 0) is 30.7 Å². The van der Waals surface area contributed by atoms with Crippen molar-refractivity contribution < 1.29 is 13.9 Å². The highest BCUT2D eigenvalue weighted by molar-refractivity contribution is 5.93. The van der Waals surface area contributed by atoms with Crippen molar-refractivity contribution >= 4 is 11.6 Å². The van der Waals surface area contributed by atoms with Gasteiger partial charge in [-0.15, -0.1) is 0 Å². The Balaban J connectivity index is 1.67. The van der Waals surface area contributed by atoms with E-state index in [0.717, 1.165) is 23.6 Å². The molecule has 22 heavy (non-hydrogen) atoms. The van der Waals surface area contributed by atoms with Crippen LogP contribution >= 0.6 is 0 Å². The van der Waals surface area contributed by atoms with Gasteiger partial charge in [0.15, 0.2) is 5.96 Å². The topological polar surface area (TPSA) is 82.0 Å². The maximum Gasteiger partial charge on any atom is 0.193 e. The molecule has 2 rings (SSSR count). The summed E-state index contributed by atoms with van der Waals surface area (Å²) >= 11 is 0. The van der Waals surface area contributed by atoms with Crippen LogP contribution in [-0.2, 0) is 11.3 Å². The monoisotopic (exact) mass is 303 g/mol. The van der Waals surface area contributed by atoms with E-state index in [4.69, 9.17) is 19.6 Å². The van der Waals surface area contributed by atoms with Gasteiger partial charge in [0.2, 0.25) is 0 Å². The molecule has 1 heterocycles. The molecule has 0 aliphatic rings. The normalized spacial score (nSPS) is 11.4. The number of anilines is 1. The minimum Gasteiger partial charge on any atom is -0.495 e. The summed E-state index contributed by atoms with van der Waals surface area (Å²) in [5.41, 5.74) is 6.64. The standard InChI is InChI=1S/C16H21N3O3/c1-20-15-8-3-2-7-14(15)19-16(17)18-9-5-10-21-12-13-6-4-11-22-13/h2-4,6-8,11H,5,9-10,12H2,1H3,(H3,17,18,19). The second kappa shape index (κ2) is 8.74. The Hall–Kier alpha value is -2.47. The van der Waals surface area contributed by atoms with Gasteiger partial charge in [0.05, 0.1) is 19.1 Å². The number of furan rings is 1. The lowest BCUT2D eigenvalue weighted by atomic mass is 10.3. The van der Waals surface area contributed by atoms with Gasteiger partial charge < -0.3 is 24.9 Å². The van der Waals surface area contributed by atoms with Crippen LogP contribution in [0.2, 0.25) is 0 Å². The maximum absolute atomic E-state index is 5.85. The molecule has 118 valence electrons. The summed E-state index contributed by atoms with van der Waals surface area (Å²) in [5.74, 6) is 1.90. The van der Waals surface area contributed by atoms with Crippen LogP contribution in [-0.4, -0.2) is 26.2 Å². The molecule has 0 radical (unpaired) electrons. The molecule has 6 heteroatoms. The van der Waals surface area contributed by atoms with Gasteiger partial charge in [-0.25, -0.2) is 0 Å². The molecule has 6 nitrogen and oxygen atoms in total. The van der Waals surface area contributed by atoms with Crippen molar-refractivity contribution in [2.45, 2.75) is 13.0 Å². The largest absolute Gasteiger partial charge is 0.495 e. The first-order chi connectivity index (χ1) is 10.8. The molecule has 0 saturated heterocycles. The Morgan fingerprint density at radius 3 is 2.91 bits per heavy atom. The van der Waals surface area contributed by atoms with Gasteiger partial charge in [0.1, 0.15) is 18.1 Å². The third-order valence-corrected chi connectivity index (χ3v) is 2.92. The average molecular weight is 303 g/mol. The number of nitrogens with two attached hydrogens (primary N) is 1. The number of aliphatic imine (C=N–C) groups is 1. The van der Waals surface area contributed by atoms with E-state index in [-0.39, 0.29) is 0 Å². The number of ether oxygens (including phenoxy) is 2. The van der Waals surface area contributed by atoms with Crippen molar-refractivity contribution in [2.75, 3.05) is 25.6 Å². The number of hydrogen-bond acceptors (Lipinski definition) is 4. The highest BCUT2D eigenvalue weighted by atomic mass is 16.5. The molecule has 0 aliphatic heterocycles. The number of hydrogen-bond donors (Lipinski definition) is 2. The van der Waals surface area contributed by atoms with Crippen LogP contribution in [0, 0.1) is 0 Å². The molecule has 2 aromatic rings. The van der Waals surface area contributed by atoms with Crippen LogP contribution in [0.25, 0.3) is 0 Å². The lowest BCUT2D eigenvalue weighted by Gasteiger charge is -2.10. The summed E-state index contributed by atoms with van der Waals surface area (Å²) in [6, 6.07) is 11.3. The molecule has 0 fully saturated rings. The van der Waals surface area contributed by atoms with Crippen molar-refractivity contribution in [1.29, 1.82) is 0 Å². The van der Waals surface area contributed by atoms with Crippen LogP contribution in [0.1, 0.15) is 12.2 Å². The Kier molecular flexibility index (Phi) is 6.32. The first kappa shape index (κ1) is 15.9. The number of para-hydroxylation sites is 2. The van der Waals surface area contributed by atoms with E-state index in [0.29, 0.717) is 25.7 Å². The number of rotatable bonds is 8. The molecular weight excluding hydrogens is 282 g/mol. The summed E-state index contributed by atoms with van der Waals surface area (Å²) in [6.07, 6.45) is 2.42. The summed E-state index contributed by atoms with van der Waals surface area (Å²) in [5, 5.41) is 3.02. The number of nitrogens with zero attached hydrogens (tertiary/aromatic N) is 1. The summed E-state index contributed by atoms with van der Waals surface area (Å²) in [7, 11) is 1.62. The number of guanidine groups is 1. The van der Waals surface area contributed by atoms with Crippen LogP contribution in [0.15, 0.2) is 52.1 Å². The third kappa shape index (κ3) is 5.14. The van der Waals surface area contributed by atoms with E-state index in [1.165, 1.54) is 0 Å². The molecule has 1 aromatic heterocycles. The van der Waals surface area contributed by atoms with Crippen LogP contribution in [0.5, 0.6) is 5.75 Å². The zero-order chi connectivity index (χ0) is 15.6. The van der Waals surface area contributed by atoms with Crippen LogP contribution in [0.4, 0.5) is 5.69 Å². The SMILES string of the molecule is COc1ccccc1NC(N)=NCCCOCc1ccco1. The predicted octanol–water partition coefficient (Wildman–Crippen LogP) is 2.62. The molecule has 0 unspecified atom stereocenters. The lowest BCUT2D eigenvalue weighted by Crippen LogP contribution is -2.23. The smallest absolute Gasteiger partial charge is 0.193 e. The third-order valence-electron chi connectivity index (χ3n) is 2.92. The van der Waals surface area contributed by atoms with Crippen LogP contribution in [0.3, 0.4) is 0 Å². The fraction of sp³-hybridized carbons (Fsp3) is 0.312. The predicted molar refractivity (Wildman–Crippen MR) is 86.1 cm³/mol. The van der Waals surface area contributed by atoms with Crippen molar-refractivity contribution in [2.24, 2.45) is 10.7 Å². The van der Waals surface area contributed by atoms with Gasteiger partial charge >= 0.3 is 0 Å². The second-order valence-corrected chi connectivity index (χ2v) is 4.58. The summed E-state index contributed by atoms with van der Waals surface area (Å²) in [6.45, 7) is 1.67. The fourth-order valence-electron chi connectivity index (χ4n) is 1.86. The van der Waals surface area contributed by atoms with E-state index in [1.807, 2.05) is 36.4 Å². The minimum atomic E-state index is 0.357. The molecule has 0 saturated carbocycles. The second-order valence-electron chi connectivity index (χ2n) is 4.58. The first-order valence-electron chi connectivity index (χ1n) is 7.09. The fourth-order valence-corrected chi connectivity index (χ4v) is 1.86. The van der Waals surface area contributed by atoms with E-state index in [1.54, 1.807) is 13.4 Å². The number of benzene rings is 1. The highest BCUT2D eigenvalue weighted by Gasteiger charge is 2.02. The molecule has 1 aromatic carbocycles. The van der Waals surface area contributed by atoms with E-state index < -0.39 is 0 Å². The Labute approximate surface area is 129 Å². The summed E-state index contributed by atoms with van der Waals surface area (Å²) < 4.78 is 15.9. The molecule has 0 bridgehead atoms. The molecular formula is C16H21N3O3. The van der Waals surface area contributed by atoms with Crippen LogP contribution < -0.4 is 15.8 Å². The quantitative estimate of drug-likeness (QED) is 0.445. The minimum absolute atomic E-state index is 0.357. The van der Waals surface area contributed by atoms with E-state index >= 15 is 0 Å². The molecule has 0 aliphatic carbocycles. The summed E-state index contributed by atoms with van der Waals surface area (Å²) in [4.78, 5) is 4.25. The molecule has 0 spiro atoms. The zero-order valence-corrected chi connectivity index (χ0v) is 12.6. The first-order valence-corrected chi connectivity index (χ1v) is 7.09. The maximum atomic E-state index is 5.85. The van der Waals surface area contributed by atoms with Gasteiger partial charge in [-0.3, -0.25) is 4.99 Å². The Bertz CT molecular complexity index is 582. The number of nitrogens with one attached hydrogen (secondary N) is 1. The Morgan fingerprint density at radius 1 is 1.27 bits per heavy atom. The van der Waals surface area contributed by atoms with Crippen molar-refractivity contribution in [3.63, 3.8) is 0 Å².